The molecular formula is C20H23ClFN3O2. The molecule has 144 valence electrons. The largest absolute Gasteiger partial charge is 0.352 e. The summed E-state index contributed by atoms with van der Waals surface area (Å²) in [4.78, 5) is 26.1. The van der Waals surface area contributed by atoms with Crippen LogP contribution in [0.3, 0.4) is 0 Å². The van der Waals surface area contributed by atoms with Crippen LogP contribution in [0.1, 0.15) is 27.9 Å². The van der Waals surface area contributed by atoms with Crippen molar-refractivity contribution in [3.8, 4) is 0 Å². The number of carbonyl (C=O) groups is 2. The zero-order chi connectivity index (χ0) is 19.8. The Morgan fingerprint density at radius 2 is 1.78 bits per heavy atom. The Hall–Kier alpha value is -2.44. The second-order valence-corrected chi connectivity index (χ2v) is 6.82. The van der Waals surface area contributed by atoms with Crippen LogP contribution in [0.4, 0.5) is 4.39 Å². The van der Waals surface area contributed by atoms with Crippen LogP contribution < -0.4 is 10.6 Å². The Morgan fingerprint density at radius 1 is 1.07 bits per heavy atom. The molecular weight excluding hydrogens is 369 g/mol. The average molecular weight is 392 g/mol. The van der Waals surface area contributed by atoms with Gasteiger partial charge in [0, 0.05) is 26.1 Å². The van der Waals surface area contributed by atoms with Gasteiger partial charge in [-0.3, -0.25) is 9.59 Å². The monoisotopic (exact) mass is 391 g/mol. The van der Waals surface area contributed by atoms with Gasteiger partial charge in [0.1, 0.15) is 5.82 Å². The van der Waals surface area contributed by atoms with E-state index in [1.165, 1.54) is 12.1 Å². The molecule has 2 aromatic carbocycles. The summed E-state index contributed by atoms with van der Waals surface area (Å²) in [6.45, 7) is 1.39. The smallest absolute Gasteiger partial charge is 0.252 e. The molecule has 2 aromatic rings. The van der Waals surface area contributed by atoms with Crippen LogP contribution in [-0.2, 0) is 17.9 Å². The fourth-order valence-corrected chi connectivity index (χ4v) is 2.82. The third-order valence-electron chi connectivity index (χ3n) is 3.89. The lowest BCUT2D eigenvalue weighted by Gasteiger charge is -2.14. The van der Waals surface area contributed by atoms with Gasteiger partial charge in [0.15, 0.2) is 0 Å². The maximum Gasteiger partial charge on any atom is 0.252 e. The van der Waals surface area contributed by atoms with E-state index < -0.39 is 11.7 Å². The first-order valence-corrected chi connectivity index (χ1v) is 8.96. The first kappa shape index (κ1) is 20.9. The highest BCUT2D eigenvalue weighted by atomic mass is 35.5. The van der Waals surface area contributed by atoms with E-state index in [2.05, 4.69) is 15.5 Å². The normalized spacial score (nSPS) is 10.7. The van der Waals surface area contributed by atoms with Gasteiger partial charge in [-0.05, 0) is 43.4 Å². The summed E-state index contributed by atoms with van der Waals surface area (Å²) in [5.74, 6) is -1.12. The average Bonchev–Trinajstić information content (AvgIpc) is 2.60. The van der Waals surface area contributed by atoms with Gasteiger partial charge in [0.25, 0.3) is 5.91 Å². The van der Waals surface area contributed by atoms with E-state index in [1.54, 1.807) is 0 Å². The Balaban J connectivity index is 1.79. The van der Waals surface area contributed by atoms with E-state index in [9.17, 15) is 14.0 Å². The van der Waals surface area contributed by atoms with E-state index in [0.717, 1.165) is 23.7 Å². The van der Waals surface area contributed by atoms with Crippen LogP contribution in [0, 0.1) is 5.82 Å². The minimum absolute atomic E-state index is 0.0365. The molecule has 0 fully saturated rings. The number of hydrogen-bond acceptors (Lipinski definition) is 3. The van der Waals surface area contributed by atoms with Gasteiger partial charge in [0.05, 0.1) is 10.6 Å². The highest BCUT2D eigenvalue weighted by Crippen LogP contribution is 2.17. The number of nitrogens with one attached hydrogen (secondary N) is 2. The molecule has 27 heavy (non-hydrogen) atoms. The molecule has 0 unspecified atom stereocenters. The van der Waals surface area contributed by atoms with Crippen molar-refractivity contribution in [2.75, 3.05) is 20.6 Å². The first-order valence-electron chi connectivity index (χ1n) is 8.58. The molecule has 0 radical (unpaired) electrons. The number of benzene rings is 2. The molecule has 0 bridgehead atoms. The van der Waals surface area contributed by atoms with Crippen molar-refractivity contribution in [2.45, 2.75) is 19.5 Å². The zero-order valence-electron chi connectivity index (χ0n) is 15.4. The van der Waals surface area contributed by atoms with Gasteiger partial charge < -0.3 is 15.5 Å². The van der Waals surface area contributed by atoms with Crippen LogP contribution in [0.5, 0.6) is 0 Å². The molecule has 0 atom stereocenters. The summed E-state index contributed by atoms with van der Waals surface area (Å²) in [5.41, 5.74) is 2.39. The minimum Gasteiger partial charge on any atom is -0.352 e. The van der Waals surface area contributed by atoms with Gasteiger partial charge in [-0.15, -0.1) is 0 Å². The molecule has 0 aromatic heterocycles. The quantitative estimate of drug-likeness (QED) is 0.727. The molecule has 0 aliphatic heterocycles. The van der Waals surface area contributed by atoms with Crippen molar-refractivity contribution in [2.24, 2.45) is 0 Å². The van der Waals surface area contributed by atoms with Crippen molar-refractivity contribution in [3.05, 3.63) is 70.0 Å². The summed E-state index contributed by atoms with van der Waals surface area (Å²) < 4.78 is 13.0. The molecule has 5 nitrogen and oxygen atoms in total. The van der Waals surface area contributed by atoms with E-state index in [4.69, 9.17) is 11.6 Å². The van der Waals surface area contributed by atoms with Gasteiger partial charge in [-0.25, -0.2) is 4.39 Å². The zero-order valence-corrected chi connectivity index (χ0v) is 16.1. The lowest BCUT2D eigenvalue weighted by molar-refractivity contribution is -0.121. The van der Waals surface area contributed by atoms with Crippen molar-refractivity contribution >= 4 is 23.4 Å². The Bertz CT molecular complexity index is 812. The summed E-state index contributed by atoms with van der Waals surface area (Å²) in [6, 6.07) is 11.5. The molecule has 2 amide bonds. The van der Waals surface area contributed by atoms with Gasteiger partial charge in [-0.1, -0.05) is 35.9 Å². The SMILES string of the molecule is CN(C)Cc1ccccc1CNC(=O)CCNC(=O)c1ccc(F)cc1Cl. The summed E-state index contributed by atoms with van der Waals surface area (Å²) >= 11 is 5.85. The fraction of sp³-hybridized carbons (Fsp3) is 0.300. The number of rotatable bonds is 8. The molecule has 0 aliphatic carbocycles. The lowest BCUT2D eigenvalue weighted by atomic mass is 10.1. The molecule has 0 aliphatic rings. The van der Waals surface area contributed by atoms with Crippen molar-refractivity contribution in [3.63, 3.8) is 0 Å². The summed E-state index contributed by atoms with van der Waals surface area (Å²) in [5, 5.41) is 5.51. The van der Waals surface area contributed by atoms with Crippen molar-refractivity contribution in [1.82, 2.24) is 15.5 Å². The second kappa shape index (κ2) is 10.0. The number of carbonyl (C=O) groups excluding carboxylic acids is 2. The maximum absolute atomic E-state index is 13.0. The number of nitrogens with zero attached hydrogens (tertiary/aromatic N) is 1. The molecule has 0 spiro atoms. The minimum atomic E-state index is -0.509. The van der Waals surface area contributed by atoms with Gasteiger partial charge in [-0.2, -0.15) is 0 Å². The topological polar surface area (TPSA) is 61.4 Å². The fourth-order valence-electron chi connectivity index (χ4n) is 2.57. The number of hydrogen-bond donors (Lipinski definition) is 2. The predicted octanol–water partition coefficient (Wildman–Crippen LogP) is 2.98. The molecule has 0 heterocycles. The number of amides is 2. The molecule has 7 heteroatoms. The Kier molecular flexibility index (Phi) is 7.76. The Labute approximate surface area is 163 Å². The van der Waals surface area contributed by atoms with Crippen molar-refractivity contribution in [1.29, 1.82) is 0 Å². The van der Waals surface area contributed by atoms with Gasteiger partial charge >= 0.3 is 0 Å². The van der Waals surface area contributed by atoms with Crippen LogP contribution in [0.15, 0.2) is 42.5 Å². The van der Waals surface area contributed by atoms with E-state index in [0.29, 0.717) is 6.54 Å². The maximum atomic E-state index is 13.0. The van der Waals surface area contributed by atoms with Crippen LogP contribution in [0.2, 0.25) is 5.02 Å². The van der Waals surface area contributed by atoms with E-state index in [-0.39, 0.29) is 29.5 Å². The van der Waals surface area contributed by atoms with Crippen LogP contribution >= 0.6 is 11.6 Å². The summed E-state index contributed by atoms with van der Waals surface area (Å²) in [6.07, 6.45) is 0.139. The summed E-state index contributed by atoms with van der Waals surface area (Å²) in [7, 11) is 3.98. The lowest BCUT2D eigenvalue weighted by Crippen LogP contribution is -2.31. The highest BCUT2D eigenvalue weighted by Gasteiger charge is 2.11. The van der Waals surface area contributed by atoms with E-state index >= 15 is 0 Å². The number of halogens is 2. The molecule has 2 rings (SSSR count). The van der Waals surface area contributed by atoms with Crippen LogP contribution in [-0.4, -0.2) is 37.4 Å². The predicted molar refractivity (Wildman–Crippen MR) is 104 cm³/mol. The standard InChI is InChI=1S/C20H23ClFN3O2/c1-25(2)13-15-6-4-3-5-14(15)12-24-19(26)9-10-23-20(27)17-8-7-16(22)11-18(17)21/h3-8,11H,9-10,12-13H2,1-2H3,(H,23,27)(H,24,26). The molecule has 2 N–H and O–H groups in total. The third-order valence-corrected chi connectivity index (χ3v) is 4.21. The Morgan fingerprint density at radius 3 is 2.44 bits per heavy atom. The van der Waals surface area contributed by atoms with E-state index in [1.807, 2.05) is 38.4 Å². The molecule has 0 saturated carbocycles. The molecule has 0 saturated heterocycles. The highest BCUT2D eigenvalue weighted by molar-refractivity contribution is 6.33. The van der Waals surface area contributed by atoms with Crippen molar-refractivity contribution < 1.29 is 14.0 Å². The third kappa shape index (κ3) is 6.66. The second-order valence-electron chi connectivity index (χ2n) is 6.41. The first-order chi connectivity index (χ1) is 12.9. The van der Waals surface area contributed by atoms with Crippen LogP contribution in [0.25, 0.3) is 0 Å². The van der Waals surface area contributed by atoms with Gasteiger partial charge in [0.2, 0.25) is 5.91 Å².